The van der Waals surface area contributed by atoms with Crippen molar-refractivity contribution in [3.8, 4) is 5.75 Å². The first-order valence-corrected chi connectivity index (χ1v) is 9.77. The van der Waals surface area contributed by atoms with Crippen molar-refractivity contribution in [1.29, 1.82) is 0 Å². The number of nitrogens with zero attached hydrogens (tertiary/aromatic N) is 1. The molecule has 0 saturated carbocycles. The molecule has 1 aliphatic heterocycles. The smallest absolute Gasteiger partial charge is 0.262 e. The van der Waals surface area contributed by atoms with Gasteiger partial charge in [-0.05, 0) is 42.0 Å². The molecule has 148 valence electrons. The summed E-state index contributed by atoms with van der Waals surface area (Å²) in [6.45, 7) is 7.75. The van der Waals surface area contributed by atoms with Gasteiger partial charge in [0, 0.05) is 13.1 Å². The average Bonchev–Trinajstić information content (AvgIpc) is 3.20. The molecule has 0 atom stereocenters. The van der Waals surface area contributed by atoms with Gasteiger partial charge in [0.2, 0.25) is 0 Å². The molecule has 1 aliphatic rings. The number of para-hydroxylation sites is 2. The fraction of sp³-hybridized carbons (Fsp3) is 0.391. The van der Waals surface area contributed by atoms with Crippen LogP contribution in [0.2, 0.25) is 0 Å². The lowest BCUT2D eigenvalue weighted by Crippen LogP contribution is -2.29. The monoisotopic (exact) mass is 380 g/mol. The zero-order valence-corrected chi connectivity index (χ0v) is 16.8. The van der Waals surface area contributed by atoms with Crippen LogP contribution in [0, 0.1) is 0 Å². The van der Waals surface area contributed by atoms with Crippen LogP contribution in [0.4, 0.5) is 5.69 Å². The number of anilines is 1. The molecule has 2 aromatic carbocycles. The first-order valence-electron chi connectivity index (χ1n) is 9.77. The standard InChI is InChI=1S/C23H28N2O3/c1-23(2,3)18-11-5-7-13-20(18)28-16-21(26)24-19-12-6-4-10-17(19)22(27)25-14-8-9-15-25/h4-7,10-13H,8-9,14-16H2,1-3H3,(H,24,26). The van der Waals surface area contributed by atoms with E-state index < -0.39 is 0 Å². The molecule has 0 unspecified atom stereocenters. The van der Waals surface area contributed by atoms with Crippen LogP contribution in [0.15, 0.2) is 48.5 Å². The second kappa shape index (κ2) is 8.46. The molecule has 1 saturated heterocycles. The molecule has 2 aromatic rings. The molecule has 0 aromatic heterocycles. The Morgan fingerprint density at radius 3 is 2.36 bits per heavy atom. The summed E-state index contributed by atoms with van der Waals surface area (Å²) in [6, 6.07) is 14.9. The Morgan fingerprint density at radius 2 is 1.64 bits per heavy atom. The SMILES string of the molecule is CC(C)(C)c1ccccc1OCC(=O)Nc1ccccc1C(=O)N1CCCC1. The number of carbonyl (C=O) groups excluding carboxylic acids is 2. The maximum absolute atomic E-state index is 12.7. The van der Waals surface area contributed by atoms with Crippen molar-refractivity contribution in [2.24, 2.45) is 0 Å². The van der Waals surface area contributed by atoms with Crippen molar-refractivity contribution in [3.63, 3.8) is 0 Å². The lowest BCUT2D eigenvalue weighted by molar-refractivity contribution is -0.118. The number of hydrogen-bond donors (Lipinski definition) is 1. The van der Waals surface area contributed by atoms with Crippen molar-refractivity contribution < 1.29 is 14.3 Å². The van der Waals surface area contributed by atoms with Crippen LogP contribution in [0.3, 0.4) is 0 Å². The van der Waals surface area contributed by atoms with Crippen LogP contribution < -0.4 is 10.1 Å². The molecule has 2 amide bonds. The van der Waals surface area contributed by atoms with E-state index >= 15 is 0 Å². The molecule has 0 bridgehead atoms. The van der Waals surface area contributed by atoms with Gasteiger partial charge in [0.1, 0.15) is 5.75 Å². The van der Waals surface area contributed by atoms with Gasteiger partial charge < -0.3 is 15.0 Å². The van der Waals surface area contributed by atoms with Crippen LogP contribution >= 0.6 is 0 Å². The molecule has 5 heteroatoms. The lowest BCUT2D eigenvalue weighted by Gasteiger charge is -2.22. The van der Waals surface area contributed by atoms with E-state index in [2.05, 4.69) is 26.1 Å². The second-order valence-corrected chi connectivity index (χ2v) is 8.13. The van der Waals surface area contributed by atoms with Gasteiger partial charge in [-0.15, -0.1) is 0 Å². The van der Waals surface area contributed by atoms with Gasteiger partial charge in [0.05, 0.1) is 11.3 Å². The highest BCUT2D eigenvalue weighted by Crippen LogP contribution is 2.31. The molecule has 5 nitrogen and oxygen atoms in total. The van der Waals surface area contributed by atoms with Crippen molar-refractivity contribution in [2.75, 3.05) is 25.0 Å². The molecular formula is C23H28N2O3. The molecule has 1 N–H and O–H groups in total. The minimum Gasteiger partial charge on any atom is -0.483 e. The molecule has 28 heavy (non-hydrogen) atoms. The predicted octanol–water partition coefficient (Wildman–Crippen LogP) is 4.24. The normalized spacial score (nSPS) is 14.0. The Labute approximate surface area is 166 Å². The summed E-state index contributed by atoms with van der Waals surface area (Å²) < 4.78 is 5.79. The lowest BCUT2D eigenvalue weighted by atomic mass is 9.86. The van der Waals surface area contributed by atoms with Crippen LogP contribution in [0.5, 0.6) is 5.75 Å². The Bertz CT molecular complexity index is 849. The Hall–Kier alpha value is -2.82. The zero-order chi connectivity index (χ0) is 20.1. The molecular weight excluding hydrogens is 352 g/mol. The minimum atomic E-state index is -0.287. The topological polar surface area (TPSA) is 58.6 Å². The summed E-state index contributed by atoms with van der Waals surface area (Å²) in [5, 5.41) is 2.83. The number of carbonyl (C=O) groups is 2. The van der Waals surface area contributed by atoms with Crippen molar-refractivity contribution in [2.45, 2.75) is 39.0 Å². The first-order chi connectivity index (χ1) is 13.4. The van der Waals surface area contributed by atoms with E-state index in [1.807, 2.05) is 41.3 Å². The van der Waals surface area contributed by atoms with E-state index in [1.54, 1.807) is 12.1 Å². The number of likely N-dealkylation sites (tertiary alicyclic amines) is 1. The average molecular weight is 380 g/mol. The van der Waals surface area contributed by atoms with E-state index in [0.717, 1.165) is 31.5 Å². The minimum absolute atomic E-state index is 0.0348. The number of rotatable bonds is 5. The highest BCUT2D eigenvalue weighted by Gasteiger charge is 2.23. The Balaban J connectivity index is 1.67. The van der Waals surface area contributed by atoms with Gasteiger partial charge in [-0.25, -0.2) is 0 Å². The van der Waals surface area contributed by atoms with Crippen molar-refractivity contribution in [1.82, 2.24) is 4.90 Å². The third-order valence-electron chi connectivity index (χ3n) is 4.88. The van der Waals surface area contributed by atoms with Crippen LogP contribution in [0.25, 0.3) is 0 Å². The molecule has 0 aliphatic carbocycles. The van der Waals surface area contributed by atoms with Gasteiger partial charge in [0.25, 0.3) is 11.8 Å². The highest BCUT2D eigenvalue weighted by atomic mass is 16.5. The molecule has 0 radical (unpaired) electrons. The van der Waals surface area contributed by atoms with Crippen LogP contribution in [-0.4, -0.2) is 36.4 Å². The number of ether oxygens (including phenoxy) is 1. The third kappa shape index (κ3) is 4.71. The Morgan fingerprint density at radius 1 is 1.00 bits per heavy atom. The van der Waals surface area contributed by atoms with E-state index in [1.165, 1.54) is 0 Å². The molecule has 1 heterocycles. The number of nitrogens with one attached hydrogen (secondary N) is 1. The predicted molar refractivity (Wildman–Crippen MR) is 111 cm³/mol. The molecule has 0 spiro atoms. The summed E-state index contributed by atoms with van der Waals surface area (Å²) in [5.74, 6) is 0.379. The summed E-state index contributed by atoms with van der Waals surface area (Å²) in [7, 11) is 0. The maximum Gasteiger partial charge on any atom is 0.262 e. The van der Waals surface area contributed by atoms with Gasteiger partial charge >= 0.3 is 0 Å². The first kappa shape index (κ1) is 19.9. The Kier molecular flexibility index (Phi) is 6.02. The highest BCUT2D eigenvalue weighted by molar-refractivity contribution is 6.04. The van der Waals surface area contributed by atoms with Gasteiger partial charge in [-0.1, -0.05) is 51.1 Å². The second-order valence-electron chi connectivity index (χ2n) is 8.13. The van der Waals surface area contributed by atoms with E-state index in [-0.39, 0.29) is 23.8 Å². The molecule has 3 rings (SSSR count). The van der Waals surface area contributed by atoms with Gasteiger partial charge in [-0.3, -0.25) is 9.59 Å². The van der Waals surface area contributed by atoms with E-state index in [0.29, 0.717) is 17.0 Å². The van der Waals surface area contributed by atoms with Crippen LogP contribution in [-0.2, 0) is 10.2 Å². The number of amides is 2. The fourth-order valence-corrected chi connectivity index (χ4v) is 3.41. The summed E-state index contributed by atoms with van der Waals surface area (Å²) >= 11 is 0. The molecule has 1 fully saturated rings. The van der Waals surface area contributed by atoms with E-state index in [4.69, 9.17) is 4.74 Å². The number of benzene rings is 2. The largest absolute Gasteiger partial charge is 0.483 e. The van der Waals surface area contributed by atoms with Crippen LogP contribution in [0.1, 0.15) is 49.5 Å². The zero-order valence-electron chi connectivity index (χ0n) is 16.8. The van der Waals surface area contributed by atoms with Gasteiger partial charge in [-0.2, -0.15) is 0 Å². The summed E-state index contributed by atoms with van der Waals surface area (Å²) in [4.78, 5) is 27.0. The van der Waals surface area contributed by atoms with Gasteiger partial charge in [0.15, 0.2) is 6.61 Å². The number of hydrogen-bond acceptors (Lipinski definition) is 3. The fourth-order valence-electron chi connectivity index (χ4n) is 3.41. The maximum atomic E-state index is 12.7. The van der Waals surface area contributed by atoms with E-state index in [9.17, 15) is 9.59 Å². The van der Waals surface area contributed by atoms with Crippen molar-refractivity contribution in [3.05, 3.63) is 59.7 Å². The quantitative estimate of drug-likeness (QED) is 0.844. The van der Waals surface area contributed by atoms with Crippen molar-refractivity contribution >= 4 is 17.5 Å². The summed E-state index contributed by atoms with van der Waals surface area (Å²) in [6.07, 6.45) is 2.06. The summed E-state index contributed by atoms with van der Waals surface area (Å²) in [5.41, 5.74) is 2.01. The third-order valence-corrected chi connectivity index (χ3v) is 4.88.